The first kappa shape index (κ1) is 13.4. The Kier molecular flexibility index (Phi) is 3.03. The van der Waals surface area contributed by atoms with Crippen LogP contribution in [0.5, 0.6) is 0 Å². The number of carboxylic acid groups (broad SMARTS) is 1. The molecule has 1 heterocycles. The number of aromatic amines is 1. The van der Waals surface area contributed by atoms with Gasteiger partial charge < -0.3 is 10.1 Å². The minimum absolute atomic E-state index is 0.0122. The molecule has 0 radical (unpaired) electrons. The zero-order valence-electron chi connectivity index (χ0n) is 10.4. The molecule has 0 aliphatic rings. The van der Waals surface area contributed by atoms with Crippen LogP contribution in [0.15, 0.2) is 41.2 Å². The van der Waals surface area contributed by atoms with Crippen LogP contribution >= 0.6 is 11.6 Å². The fraction of sp³-hybridized carbons (Fsp3) is 0. The molecular formula is C14H8ClFN2O3. The van der Waals surface area contributed by atoms with E-state index in [0.29, 0.717) is 5.52 Å². The molecule has 0 amide bonds. The van der Waals surface area contributed by atoms with Gasteiger partial charge in [-0.3, -0.25) is 4.57 Å². The third-order valence-corrected chi connectivity index (χ3v) is 3.40. The summed E-state index contributed by atoms with van der Waals surface area (Å²) in [7, 11) is 0. The van der Waals surface area contributed by atoms with Crippen molar-refractivity contribution in [1.29, 1.82) is 0 Å². The summed E-state index contributed by atoms with van der Waals surface area (Å²) in [6.45, 7) is 0. The second-order valence-corrected chi connectivity index (χ2v) is 4.75. The first-order valence-corrected chi connectivity index (χ1v) is 6.30. The highest BCUT2D eigenvalue weighted by Crippen LogP contribution is 2.27. The molecule has 1 aromatic heterocycles. The van der Waals surface area contributed by atoms with Crippen molar-refractivity contribution < 1.29 is 14.3 Å². The Morgan fingerprint density at radius 3 is 2.62 bits per heavy atom. The molecule has 3 rings (SSSR count). The predicted octanol–water partition coefficient (Wildman–Crippen LogP) is 2.81. The highest BCUT2D eigenvalue weighted by molar-refractivity contribution is 6.32. The van der Waals surface area contributed by atoms with Crippen molar-refractivity contribution in [3.8, 4) is 5.69 Å². The second-order valence-electron chi connectivity index (χ2n) is 4.34. The van der Waals surface area contributed by atoms with Crippen LogP contribution in [0.4, 0.5) is 4.39 Å². The van der Waals surface area contributed by atoms with Crippen LogP contribution < -0.4 is 5.69 Å². The molecule has 0 aliphatic heterocycles. The number of imidazole rings is 1. The lowest BCUT2D eigenvalue weighted by Crippen LogP contribution is -2.17. The van der Waals surface area contributed by atoms with Crippen molar-refractivity contribution in [1.82, 2.24) is 9.55 Å². The number of rotatable bonds is 2. The van der Waals surface area contributed by atoms with Crippen LogP contribution in [0.25, 0.3) is 16.7 Å². The minimum Gasteiger partial charge on any atom is -0.478 e. The molecule has 2 aromatic carbocycles. The quantitative estimate of drug-likeness (QED) is 0.764. The molecule has 0 aliphatic carbocycles. The Balaban J connectivity index is 2.51. The van der Waals surface area contributed by atoms with Gasteiger partial charge in [0, 0.05) is 0 Å². The van der Waals surface area contributed by atoms with Crippen LogP contribution in [0.1, 0.15) is 10.4 Å². The number of para-hydroxylation sites is 2. The molecule has 2 N–H and O–H groups in total. The Hall–Kier alpha value is -2.60. The van der Waals surface area contributed by atoms with Gasteiger partial charge in [-0.15, -0.1) is 0 Å². The molecule has 0 fully saturated rings. The SMILES string of the molecule is O=C(O)c1cccc2[nH]c(=O)n(-c3c(F)cccc3Cl)c12. The second kappa shape index (κ2) is 4.75. The van der Waals surface area contributed by atoms with E-state index >= 15 is 0 Å². The molecule has 0 unspecified atom stereocenters. The number of fused-ring (bicyclic) bond motifs is 1. The van der Waals surface area contributed by atoms with E-state index in [0.717, 1.165) is 10.6 Å². The standard InChI is InChI=1S/C14H8ClFN2O3/c15-8-4-2-5-9(16)12(8)18-11-7(13(19)20)3-1-6-10(11)17-14(18)21/h1-6H,(H,17,21)(H,19,20). The van der Waals surface area contributed by atoms with Gasteiger partial charge in [0.1, 0.15) is 11.5 Å². The number of carbonyl (C=O) groups is 1. The van der Waals surface area contributed by atoms with Gasteiger partial charge in [0.25, 0.3) is 0 Å². The van der Waals surface area contributed by atoms with Crippen molar-refractivity contribution in [3.63, 3.8) is 0 Å². The van der Waals surface area contributed by atoms with E-state index in [-0.39, 0.29) is 21.8 Å². The molecule has 0 saturated carbocycles. The number of nitrogens with zero attached hydrogens (tertiary/aromatic N) is 1. The molecule has 0 saturated heterocycles. The first-order chi connectivity index (χ1) is 10.0. The summed E-state index contributed by atoms with van der Waals surface area (Å²) in [5, 5.41) is 9.26. The van der Waals surface area contributed by atoms with E-state index in [2.05, 4.69) is 4.98 Å². The summed E-state index contributed by atoms with van der Waals surface area (Å²) in [4.78, 5) is 25.9. The van der Waals surface area contributed by atoms with Crippen molar-refractivity contribution in [2.24, 2.45) is 0 Å². The maximum absolute atomic E-state index is 14.0. The van der Waals surface area contributed by atoms with E-state index in [1.165, 1.54) is 30.3 Å². The van der Waals surface area contributed by atoms with Gasteiger partial charge in [0.05, 0.1) is 21.6 Å². The van der Waals surface area contributed by atoms with E-state index in [1.54, 1.807) is 0 Å². The van der Waals surface area contributed by atoms with Crippen LogP contribution in [0.3, 0.4) is 0 Å². The molecule has 0 spiro atoms. The number of nitrogens with one attached hydrogen (secondary N) is 1. The summed E-state index contributed by atoms with van der Waals surface area (Å²) in [6.07, 6.45) is 0. The van der Waals surface area contributed by atoms with E-state index in [4.69, 9.17) is 11.6 Å². The summed E-state index contributed by atoms with van der Waals surface area (Å²) in [6, 6.07) is 8.34. The molecule has 7 heteroatoms. The summed E-state index contributed by atoms with van der Waals surface area (Å²) < 4.78 is 15.0. The van der Waals surface area contributed by atoms with E-state index < -0.39 is 17.5 Å². The van der Waals surface area contributed by atoms with Crippen LogP contribution in [0, 0.1) is 5.82 Å². The van der Waals surface area contributed by atoms with Gasteiger partial charge >= 0.3 is 11.7 Å². The van der Waals surface area contributed by atoms with Gasteiger partial charge in [0.15, 0.2) is 0 Å². The van der Waals surface area contributed by atoms with Gasteiger partial charge in [0.2, 0.25) is 0 Å². The number of aromatic carboxylic acids is 1. The third-order valence-electron chi connectivity index (χ3n) is 3.10. The maximum Gasteiger partial charge on any atom is 0.337 e. The molecule has 3 aromatic rings. The summed E-state index contributed by atoms with van der Waals surface area (Å²) in [5.41, 5.74) is -0.596. The Labute approximate surface area is 122 Å². The first-order valence-electron chi connectivity index (χ1n) is 5.92. The summed E-state index contributed by atoms with van der Waals surface area (Å²) >= 11 is 5.96. The number of H-pyrrole nitrogens is 1. The Bertz CT molecular complexity index is 909. The zero-order valence-corrected chi connectivity index (χ0v) is 11.2. The average Bonchev–Trinajstić information content (AvgIpc) is 2.75. The molecule has 21 heavy (non-hydrogen) atoms. The van der Waals surface area contributed by atoms with Crippen molar-refractivity contribution >= 4 is 28.6 Å². The molecule has 0 atom stereocenters. The highest BCUT2D eigenvalue weighted by Gasteiger charge is 2.20. The van der Waals surface area contributed by atoms with Crippen LogP contribution in [-0.2, 0) is 0 Å². The molecule has 0 bridgehead atoms. The smallest absolute Gasteiger partial charge is 0.337 e. The van der Waals surface area contributed by atoms with Gasteiger partial charge in [-0.05, 0) is 24.3 Å². The van der Waals surface area contributed by atoms with E-state index in [9.17, 15) is 19.1 Å². The monoisotopic (exact) mass is 306 g/mol. The number of benzene rings is 2. The number of hydrogen-bond acceptors (Lipinski definition) is 2. The van der Waals surface area contributed by atoms with Crippen LogP contribution in [0.2, 0.25) is 5.02 Å². The molecular weight excluding hydrogens is 299 g/mol. The Morgan fingerprint density at radius 1 is 1.24 bits per heavy atom. The Morgan fingerprint density at radius 2 is 1.95 bits per heavy atom. The van der Waals surface area contributed by atoms with Gasteiger partial charge in [-0.1, -0.05) is 23.7 Å². The van der Waals surface area contributed by atoms with Crippen molar-refractivity contribution in [2.75, 3.05) is 0 Å². The third kappa shape index (κ3) is 2.00. The lowest BCUT2D eigenvalue weighted by molar-refractivity contribution is 0.0698. The summed E-state index contributed by atoms with van der Waals surface area (Å²) in [5.74, 6) is -1.94. The highest BCUT2D eigenvalue weighted by atomic mass is 35.5. The predicted molar refractivity (Wildman–Crippen MR) is 75.8 cm³/mol. The zero-order chi connectivity index (χ0) is 15.1. The lowest BCUT2D eigenvalue weighted by atomic mass is 10.1. The van der Waals surface area contributed by atoms with E-state index in [1.807, 2.05) is 0 Å². The minimum atomic E-state index is -1.22. The number of aromatic nitrogens is 2. The maximum atomic E-state index is 14.0. The average molecular weight is 307 g/mol. The number of carboxylic acids is 1. The topological polar surface area (TPSA) is 75.1 Å². The van der Waals surface area contributed by atoms with Crippen LogP contribution in [-0.4, -0.2) is 20.6 Å². The van der Waals surface area contributed by atoms with Crippen molar-refractivity contribution in [3.05, 3.63) is 63.3 Å². The number of hydrogen-bond donors (Lipinski definition) is 2. The fourth-order valence-electron chi connectivity index (χ4n) is 2.25. The fourth-order valence-corrected chi connectivity index (χ4v) is 2.49. The molecule has 5 nitrogen and oxygen atoms in total. The van der Waals surface area contributed by atoms with Gasteiger partial charge in [-0.25, -0.2) is 14.0 Å². The normalized spacial score (nSPS) is 11.0. The lowest BCUT2D eigenvalue weighted by Gasteiger charge is -2.08. The largest absolute Gasteiger partial charge is 0.478 e. The number of halogens is 2. The van der Waals surface area contributed by atoms with Gasteiger partial charge in [-0.2, -0.15) is 0 Å². The molecule has 106 valence electrons. The van der Waals surface area contributed by atoms with Crippen molar-refractivity contribution in [2.45, 2.75) is 0 Å².